The monoisotopic (exact) mass is 758 g/mol. The van der Waals surface area contributed by atoms with Crippen LogP contribution >= 0.6 is 0 Å². The van der Waals surface area contributed by atoms with Gasteiger partial charge in [-0.2, -0.15) is 5.01 Å². The van der Waals surface area contributed by atoms with E-state index in [-0.39, 0.29) is 29.7 Å². The summed E-state index contributed by atoms with van der Waals surface area (Å²) in [5.41, 5.74) is 7.67. The highest BCUT2D eigenvalue weighted by Gasteiger charge is 2.70. The third-order valence-corrected chi connectivity index (χ3v) is 12.2. The summed E-state index contributed by atoms with van der Waals surface area (Å²) in [5.74, 6) is -4.78. The molecule has 4 amide bonds. The minimum Gasteiger partial charge on any atom is -0.504 e. The quantitative estimate of drug-likeness (QED) is 0.102. The van der Waals surface area contributed by atoms with E-state index in [4.69, 9.17) is 4.74 Å². The molecule has 57 heavy (non-hydrogen) atoms. The van der Waals surface area contributed by atoms with Crippen LogP contribution in [0.3, 0.4) is 0 Å². The minimum absolute atomic E-state index is 0.0513. The van der Waals surface area contributed by atoms with Crippen molar-refractivity contribution < 1.29 is 29.0 Å². The lowest BCUT2D eigenvalue weighted by Gasteiger charge is -2.50. The third-order valence-electron chi connectivity index (χ3n) is 12.2. The summed E-state index contributed by atoms with van der Waals surface area (Å²) in [5, 5.41) is 15.3. The van der Waals surface area contributed by atoms with E-state index in [1.54, 1.807) is 30.3 Å². The number of phenols is 1. The first-order chi connectivity index (χ1) is 27.7. The fraction of sp³-hybridized carbons (Fsp3) is 0.234. The molecule has 10 heteroatoms. The molecule has 6 atom stereocenters. The van der Waals surface area contributed by atoms with Crippen molar-refractivity contribution in [2.75, 3.05) is 22.2 Å². The van der Waals surface area contributed by atoms with Gasteiger partial charge in [0.15, 0.2) is 11.5 Å². The molecule has 286 valence electrons. The first-order valence-electron chi connectivity index (χ1n) is 19.4. The third kappa shape index (κ3) is 5.77. The maximum atomic E-state index is 15.4. The number of nitrogens with one attached hydrogen (secondary N) is 2. The minimum atomic E-state index is -1.43. The molecule has 3 N–H and O–H groups in total. The number of nitrogens with zero attached hydrogens (tertiary/aromatic N) is 2. The van der Waals surface area contributed by atoms with Crippen molar-refractivity contribution in [1.82, 2.24) is 5.01 Å². The number of anilines is 4. The molecule has 6 unspecified atom stereocenters. The van der Waals surface area contributed by atoms with Gasteiger partial charge in [0.1, 0.15) is 0 Å². The van der Waals surface area contributed by atoms with E-state index in [0.717, 1.165) is 27.5 Å². The summed E-state index contributed by atoms with van der Waals surface area (Å²) in [6.45, 7) is 4.08. The second-order valence-corrected chi connectivity index (χ2v) is 15.3. The number of hydrazine groups is 1. The van der Waals surface area contributed by atoms with Gasteiger partial charge < -0.3 is 15.2 Å². The van der Waals surface area contributed by atoms with Crippen LogP contribution in [0.25, 0.3) is 0 Å². The zero-order chi connectivity index (χ0) is 39.4. The number of phenolic OH excluding ortho intramolecular Hbond substituents is 1. The Hall–Kier alpha value is -6.68. The molecule has 2 aliphatic heterocycles. The number of carbonyl (C=O) groups is 4. The second kappa shape index (κ2) is 14.1. The van der Waals surface area contributed by atoms with Gasteiger partial charge in [-0.1, -0.05) is 83.9 Å². The highest BCUT2D eigenvalue weighted by Crippen LogP contribution is 2.64. The fourth-order valence-electron chi connectivity index (χ4n) is 9.74. The molecule has 3 fully saturated rings. The molecule has 10 nitrogen and oxygen atoms in total. The summed E-state index contributed by atoms with van der Waals surface area (Å²) in [4.78, 5) is 60.7. The lowest BCUT2D eigenvalue weighted by Crippen LogP contribution is -2.53. The molecule has 0 spiro atoms. The van der Waals surface area contributed by atoms with E-state index in [0.29, 0.717) is 35.5 Å². The molecule has 0 aromatic heterocycles. The van der Waals surface area contributed by atoms with E-state index in [1.165, 1.54) is 4.90 Å². The number of ether oxygens (including phenoxy) is 1. The normalized spacial score (nSPS) is 25.1. The average molecular weight is 759 g/mol. The van der Waals surface area contributed by atoms with Crippen molar-refractivity contribution in [2.24, 2.45) is 23.7 Å². The van der Waals surface area contributed by atoms with E-state index in [1.807, 2.05) is 117 Å². The molecule has 0 radical (unpaired) electrons. The van der Waals surface area contributed by atoms with Crippen molar-refractivity contribution in [1.29, 1.82) is 0 Å². The van der Waals surface area contributed by atoms with Crippen LogP contribution in [-0.2, 0) is 24.6 Å². The number of carbonyl (C=O) groups excluding carboxylic acids is 4. The van der Waals surface area contributed by atoms with Crippen LogP contribution in [0.15, 0.2) is 139 Å². The van der Waals surface area contributed by atoms with Gasteiger partial charge in [0, 0.05) is 17.3 Å². The summed E-state index contributed by atoms with van der Waals surface area (Å²) in [7, 11) is 0. The predicted octanol–water partition coefficient (Wildman–Crippen LogP) is 8.03. The summed E-state index contributed by atoms with van der Waals surface area (Å²) in [6, 6.07) is 38.9. The molecule has 5 aromatic rings. The number of allylic oxidation sites excluding steroid dienone is 2. The standard InChI is InChI=1S/C47H42N4O6/c1-3-57-40-26-29(16-25-39(40)52)42-35-23-24-36-41(45(55)50(43(36)53)34-21-19-32(20-22-34)48-31-12-8-5-9-13-31)37(35)27-38-44(54)51(49-33-17-14-28(2)15-18-33)46(56)47(38,42)30-10-6-4-7-11-30/h4-23,25-26,36-38,41-42,48-49,52H,3,24,27H2,1-2H3. The zero-order valence-corrected chi connectivity index (χ0v) is 31.6. The molecule has 4 aliphatic rings. The molecule has 5 aromatic carbocycles. The number of imide groups is 2. The Morgan fingerprint density at radius 3 is 2.12 bits per heavy atom. The number of para-hydroxylation sites is 1. The van der Waals surface area contributed by atoms with Gasteiger partial charge in [-0.15, -0.1) is 0 Å². The van der Waals surface area contributed by atoms with Crippen molar-refractivity contribution in [3.05, 3.63) is 156 Å². The number of aromatic hydroxyl groups is 1. The van der Waals surface area contributed by atoms with Gasteiger partial charge in [0.2, 0.25) is 11.8 Å². The van der Waals surface area contributed by atoms with E-state index in [2.05, 4.69) is 10.7 Å². The van der Waals surface area contributed by atoms with Crippen molar-refractivity contribution in [3.63, 3.8) is 0 Å². The SMILES string of the molecule is CCOc1cc(C2C3=CCC4C(=O)N(c5ccc(Nc6ccccc6)cc5)C(=O)C4C3CC3C(=O)N(Nc4ccc(C)cc4)C(=O)C32c2ccccc2)ccc1O. The second-order valence-electron chi connectivity index (χ2n) is 15.3. The van der Waals surface area contributed by atoms with Gasteiger partial charge in [0.25, 0.3) is 11.8 Å². The maximum Gasteiger partial charge on any atom is 0.260 e. The van der Waals surface area contributed by atoms with E-state index >= 15 is 4.79 Å². The number of hydrogen-bond donors (Lipinski definition) is 3. The first kappa shape index (κ1) is 36.0. The Morgan fingerprint density at radius 1 is 0.754 bits per heavy atom. The summed E-state index contributed by atoms with van der Waals surface area (Å²) in [6.07, 6.45) is 2.50. The fourth-order valence-corrected chi connectivity index (χ4v) is 9.74. The van der Waals surface area contributed by atoms with Crippen molar-refractivity contribution in [3.8, 4) is 11.5 Å². The Bertz CT molecular complexity index is 2420. The van der Waals surface area contributed by atoms with Crippen LogP contribution in [0, 0.1) is 30.6 Å². The number of rotatable bonds is 9. The Balaban J connectivity index is 1.16. The lowest BCUT2D eigenvalue weighted by molar-refractivity contribution is -0.138. The molecule has 2 aliphatic carbocycles. The van der Waals surface area contributed by atoms with Crippen molar-refractivity contribution >= 4 is 46.4 Å². The highest BCUT2D eigenvalue weighted by molar-refractivity contribution is 6.22. The molecular weight excluding hydrogens is 717 g/mol. The van der Waals surface area contributed by atoms with Gasteiger partial charge >= 0.3 is 0 Å². The van der Waals surface area contributed by atoms with Crippen molar-refractivity contribution in [2.45, 2.75) is 38.0 Å². The molecule has 2 saturated heterocycles. The highest BCUT2D eigenvalue weighted by atomic mass is 16.5. The molecule has 9 rings (SSSR count). The largest absolute Gasteiger partial charge is 0.504 e. The molecule has 1 saturated carbocycles. The van der Waals surface area contributed by atoms with Crippen LogP contribution < -0.4 is 20.4 Å². The van der Waals surface area contributed by atoms with Crippen LogP contribution in [0.5, 0.6) is 11.5 Å². The van der Waals surface area contributed by atoms with E-state index in [9.17, 15) is 19.5 Å². The topological polar surface area (TPSA) is 128 Å². The Labute approximate surface area is 330 Å². The Kier molecular flexibility index (Phi) is 8.91. The van der Waals surface area contributed by atoms with Crippen LogP contribution in [0.2, 0.25) is 0 Å². The zero-order valence-electron chi connectivity index (χ0n) is 31.6. The van der Waals surface area contributed by atoms with Gasteiger partial charge in [-0.3, -0.25) is 29.5 Å². The smallest absolute Gasteiger partial charge is 0.260 e. The van der Waals surface area contributed by atoms with E-state index < -0.39 is 46.8 Å². The number of amides is 4. The van der Waals surface area contributed by atoms with Gasteiger partial charge in [0.05, 0.1) is 41.2 Å². The number of aryl methyl sites for hydroxylation is 1. The van der Waals surface area contributed by atoms with Gasteiger partial charge in [-0.25, -0.2) is 0 Å². The molecular formula is C47H42N4O6. The molecule has 2 heterocycles. The molecule has 0 bridgehead atoms. The first-order valence-corrected chi connectivity index (χ1v) is 19.4. The lowest BCUT2D eigenvalue weighted by atomic mass is 9.49. The van der Waals surface area contributed by atoms with Gasteiger partial charge in [-0.05, 0) is 104 Å². The maximum absolute atomic E-state index is 15.4. The van der Waals surface area contributed by atoms with Crippen LogP contribution in [0.4, 0.5) is 22.7 Å². The number of fused-ring (bicyclic) bond motifs is 4. The summed E-state index contributed by atoms with van der Waals surface area (Å²) < 4.78 is 5.86. The predicted molar refractivity (Wildman–Crippen MR) is 217 cm³/mol. The van der Waals surface area contributed by atoms with Crippen LogP contribution in [0.1, 0.15) is 42.4 Å². The van der Waals surface area contributed by atoms with Crippen LogP contribution in [-0.4, -0.2) is 40.4 Å². The summed E-state index contributed by atoms with van der Waals surface area (Å²) >= 11 is 0. The Morgan fingerprint density at radius 2 is 1.42 bits per heavy atom. The average Bonchev–Trinajstić information content (AvgIpc) is 3.61. The number of benzene rings is 5. The number of hydrogen-bond acceptors (Lipinski definition) is 8.